The molecule has 3 rings (SSSR count). The zero-order valence-electron chi connectivity index (χ0n) is 25.4. The molecule has 1 aromatic heterocycles. The van der Waals surface area contributed by atoms with Gasteiger partial charge in [-0.2, -0.15) is 0 Å². The average molecular weight is 507 g/mol. The molecule has 1 aliphatic heterocycles. The van der Waals surface area contributed by atoms with Crippen molar-refractivity contribution in [1.82, 2.24) is 14.9 Å². The number of morpholine rings is 1. The third-order valence-corrected chi connectivity index (χ3v) is 6.66. The quantitative estimate of drug-likeness (QED) is 0.438. The number of H-pyrrole nitrogens is 1. The first-order valence-electron chi connectivity index (χ1n) is 14.5. The van der Waals surface area contributed by atoms with E-state index in [9.17, 15) is 4.79 Å². The Bertz CT molecular complexity index is 768. The summed E-state index contributed by atoms with van der Waals surface area (Å²) < 4.78 is 5.24. The zero-order chi connectivity index (χ0) is 27.6. The van der Waals surface area contributed by atoms with Gasteiger partial charge in [-0.1, -0.05) is 93.4 Å². The first kappa shape index (κ1) is 34.5. The van der Waals surface area contributed by atoms with Crippen LogP contribution in [-0.4, -0.2) is 60.5 Å². The van der Waals surface area contributed by atoms with Gasteiger partial charge in [0.05, 0.1) is 24.6 Å². The summed E-state index contributed by atoms with van der Waals surface area (Å²) in [5.74, 6) is 1.71. The van der Waals surface area contributed by atoms with Crippen molar-refractivity contribution in [3.05, 3.63) is 27.4 Å². The normalized spacial score (nSPS) is 17.1. The summed E-state index contributed by atoms with van der Waals surface area (Å²) in [6.07, 6.45) is 11.6. The highest BCUT2D eigenvalue weighted by Gasteiger charge is 2.24. The molecule has 1 saturated heterocycles. The van der Waals surface area contributed by atoms with E-state index in [0.717, 1.165) is 37.9 Å². The Morgan fingerprint density at radius 3 is 2.11 bits per heavy atom. The van der Waals surface area contributed by atoms with E-state index in [2.05, 4.69) is 54.5 Å². The van der Waals surface area contributed by atoms with E-state index < -0.39 is 0 Å². The molecule has 1 saturated carbocycles. The molecule has 1 N–H and O–H groups in total. The summed E-state index contributed by atoms with van der Waals surface area (Å²) in [6, 6.07) is 0. The predicted molar refractivity (Wildman–Crippen MR) is 157 cm³/mol. The summed E-state index contributed by atoms with van der Waals surface area (Å²) in [5.41, 5.74) is 1.98. The minimum atomic E-state index is -0.118. The number of nitrogens with one attached hydrogen (secondary N) is 1. The zero-order valence-corrected chi connectivity index (χ0v) is 25.4. The summed E-state index contributed by atoms with van der Waals surface area (Å²) >= 11 is 0. The van der Waals surface area contributed by atoms with Gasteiger partial charge in [-0.25, -0.2) is 4.98 Å². The highest BCUT2D eigenvalue weighted by molar-refractivity contribution is 6.03. The van der Waals surface area contributed by atoms with Gasteiger partial charge in [0.15, 0.2) is 0 Å². The summed E-state index contributed by atoms with van der Waals surface area (Å²) in [5, 5.41) is 0. The van der Waals surface area contributed by atoms with Crippen LogP contribution in [0.2, 0.25) is 0 Å². The lowest BCUT2D eigenvalue weighted by Crippen LogP contribution is -2.36. The smallest absolute Gasteiger partial charge is 0.254 e. The minimum Gasteiger partial charge on any atom is -0.379 e. The van der Waals surface area contributed by atoms with E-state index in [1.54, 1.807) is 20.9 Å². The van der Waals surface area contributed by atoms with Crippen molar-refractivity contribution in [3.8, 4) is 0 Å². The predicted octanol–water partition coefficient (Wildman–Crippen LogP) is 6.97. The third-order valence-electron chi connectivity index (χ3n) is 6.66. The fourth-order valence-corrected chi connectivity index (χ4v) is 4.47. The van der Waals surface area contributed by atoms with Crippen molar-refractivity contribution >= 4 is 5.71 Å². The molecule has 1 aromatic rings. The van der Waals surface area contributed by atoms with Crippen LogP contribution in [0.5, 0.6) is 0 Å². The second-order valence-corrected chi connectivity index (χ2v) is 10.7. The summed E-state index contributed by atoms with van der Waals surface area (Å²) in [7, 11) is 1.73. The van der Waals surface area contributed by atoms with E-state index >= 15 is 0 Å². The Balaban J connectivity index is 0.000000525. The minimum absolute atomic E-state index is 0.0899. The second kappa shape index (κ2) is 19.6. The number of aromatic amines is 1. The molecule has 2 fully saturated rings. The number of nitrogens with zero attached hydrogens (tertiary/aromatic N) is 3. The van der Waals surface area contributed by atoms with E-state index in [1.807, 2.05) is 13.8 Å². The maximum absolute atomic E-state index is 11.7. The van der Waals surface area contributed by atoms with Crippen molar-refractivity contribution in [2.45, 2.75) is 114 Å². The van der Waals surface area contributed by atoms with Gasteiger partial charge >= 0.3 is 0 Å². The highest BCUT2D eigenvalue weighted by atomic mass is 16.5. The molecule has 0 spiro atoms. The number of rotatable bonds is 5. The fourth-order valence-electron chi connectivity index (χ4n) is 4.47. The van der Waals surface area contributed by atoms with Crippen LogP contribution in [0.4, 0.5) is 0 Å². The lowest BCUT2D eigenvalue weighted by Gasteiger charge is -2.26. The van der Waals surface area contributed by atoms with Crippen LogP contribution >= 0.6 is 0 Å². The van der Waals surface area contributed by atoms with Gasteiger partial charge in [-0.15, -0.1) is 0 Å². The molecule has 1 aliphatic carbocycles. The molecule has 6 heteroatoms. The molecule has 2 aliphatic rings. The highest BCUT2D eigenvalue weighted by Crippen LogP contribution is 2.25. The monoisotopic (exact) mass is 506 g/mol. The average Bonchev–Trinajstić information content (AvgIpc) is 2.88. The lowest BCUT2D eigenvalue weighted by molar-refractivity contribution is 0.0373. The van der Waals surface area contributed by atoms with Gasteiger partial charge in [0, 0.05) is 31.1 Å². The van der Waals surface area contributed by atoms with Crippen LogP contribution < -0.4 is 5.56 Å². The van der Waals surface area contributed by atoms with Crippen LogP contribution in [0, 0.1) is 25.2 Å². The molecule has 0 aromatic carbocycles. The van der Waals surface area contributed by atoms with Crippen molar-refractivity contribution in [2.24, 2.45) is 16.3 Å². The number of unbranched alkanes of at least 4 members (excludes halogenated alkanes) is 1. The Hall–Kier alpha value is -1.53. The van der Waals surface area contributed by atoms with Crippen LogP contribution in [0.1, 0.15) is 117 Å². The molecule has 36 heavy (non-hydrogen) atoms. The topological polar surface area (TPSA) is 70.6 Å². The Morgan fingerprint density at radius 1 is 1.08 bits per heavy atom. The third kappa shape index (κ3) is 13.7. The lowest BCUT2D eigenvalue weighted by atomic mass is 9.86. The van der Waals surface area contributed by atoms with Crippen molar-refractivity contribution < 1.29 is 4.74 Å². The molecule has 6 nitrogen and oxygen atoms in total. The molecule has 2 heterocycles. The molecule has 0 bridgehead atoms. The van der Waals surface area contributed by atoms with E-state index in [4.69, 9.17) is 4.74 Å². The van der Waals surface area contributed by atoms with Crippen molar-refractivity contribution in [3.63, 3.8) is 0 Å². The number of aliphatic imine (C=N–C) groups is 1. The van der Waals surface area contributed by atoms with Crippen LogP contribution in [0.15, 0.2) is 9.79 Å². The van der Waals surface area contributed by atoms with Crippen LogP contribution in [0.3, 0.4) is 0 Å². The number of aryl methyl sites for hydroxylation is 1. The van der Waals surface area contributed by atoms with Crippen molar-refractivity contribution in [2.75, 3.05) is 39.9 Å². The van der Waals surface area contributed by atoms with Crippen LogP contribution in [-0.2, 0) is 4.74 Å². The Labute approximate surface area is 222 Å². The van der Waals surface area contributed by atoms with Gasteiger partial charge in [-0.05, 0) is 32.7 Å². The Kier molecular flexibility index (Phi) is 18.7. The Morgan fingerprint density at radius 2 is 1.67 bits per heavy atom. The van der Waals surface area contributed by atoms with Gasteiger partial charge < -0.3 is 9.72 Å². The maximum atomic E-state index is 11.7. The van der Waals surface area contributed by atoms with E-state index in [-0.39, 0.29) is 11.0 Å². The number of hydrogen-bond donors (Lipinski definition) is 1. The van der Waals surface area contributed by atoms with E-state index in [0.29, 0.717) is 17.1 Å². The number of hydrogen-bond acceptors (Lipinski definition) is 5. The number of ether oxygens (including phenoxy) is 1. The van der Waals surface area contributed by atoms with Crippen molar-refractivity contribution in [1.29, 1.82) is 0 Å². The van der Waals surface area contributed by atoms with Crippen LogP contribution in [0.25, 0.3) is 0 Å². The largest absolute Gasteiger partial charge is 0.379 e. The summed E-state index contributed by atoms with van der Waals surface area (Å²) in [4.78, 5) is 25.5. The second-order valence-electron chi connectivity index (χ2n) is 10.7. The molecule has 0 unspecified atom stereocenters. The molecular formula is C30H58N4O2. The van der Waals surface area contributed by atoms with E-state index in [1.165, 1.54) is 57.9 Å². The van der Waals surface area contributed by atoms with Gasteiger partial charge in [0.2, 0.25) is 0 Å². The van der Waals surface area contributed by atoms with Gasteiger partial charge in [0.1, 0.15) is 5.82 Å². The first-order valence-corrected chi connectivity index (χ1v) is 14.5. The van der Waals surface area contributed by atoms with Gasteiger partial charge in [-0.3, -0.25) is 14.7 Å². The fraction of sp³-hybridized carbons (Fsp3) is 0.833. The SMILES string of the molecule is CC.CCC1CCCCC1.CCCCN1CCOCC1.CN=C(c1nc(C)[nH]c(=O)c1C)C(C)(C)C. The standard InChI is InChI=1S/C12H19N3O.C8H17NO.C8H16.C2H6/c1-7-9(10(13-6)12(3,4)5)14-8(2)15-11(7)16;1-2-3-4-9-5-7-10-8-6-9;1-2-8-6-4-3-5-7-8;1-2/h1-6H3,(H,14,15,16);2-8H2,1H3;8H,2-7H2,1H3;1-2H3. The molecule has 0 radical (unpaired) electrons. The molecular weight excluding hydrogens is 448 g/mol. The number of aromatic nitrogens is 2. The summed E-state index contributed by atoms with van der Waals surface area (Å²) in [6.45, 7) is 23.7. The first-order chi connectivity index (χ1) is 17.1. The molecule has 0 amide bonds. The molecule has 0 atom stereocenters. The molecule has 210 valence electrons. The maximum Gasteiger partial charge on any atom is 0.254 e. The van der Waals surface area contributed by atoms with Gasteiger partial charge in [0.25, 0.3) is 5.56 Å².